The number of rotatable bonds is 5. The summed E-state index contributed by atoms with van der Waals surface area (Å²) in [5, 5.41) is 8.66. The van der Waals surface area contributed by atoms with E-state index in [2.05, 4.69) is 40.9 Å². The number of nitrogens with zero attached hydrogens (tertiary/aromatic N) is 4. The number of ether oxygens (including phenoxy) is 1. The third-order valence-electron chi connectivity index (χ3n) is 6.26. The van der Waals surface area contributed by atoms with Crippen molar-refractivity contribution in [3.05, 3.63) is 34.7 Å². The van der Waals surface area contributed by atoms with Crippen LogP contribution < -0.4 is 4.74 Å². The number of pyridine rings is 1. The van der Waals surface area contributed by atoms with Gasteiger partial charge in [0.15, 0.2) is 0 Å². The Balaban J connectivity index is 1.58. The molecule has 3 heterocycles. The molecule has 6 heteroatoms. The molecule has 2 fully saturated rings. The first kappa shape index (κ1) is 17.5. The fourth-order valence-corrected chi connectivity index (χ4v) is 4.85. The summed E-state index contributed by atoms with van der Waals surface area (Å²) >= 11 is 0. The van der Waals surface area contributed by atoms with Gasteiger partial charge in [-0.2, -0.15) is 0 Å². The summed E-state index contributed by atoms with van der Waals surface area (Å²) in [7, 11) is 1.67. The number of aromatic nitrogens is 3. The van der Waals surface area contributed by atoms with Crippen LogP contribution in [0.1, 0.15) is 54.8 Å². The molecule has 1 saturated heterocycles. The SMILES string of the molecule is CCc1nnc([C@]23CCC[C@H]2CN(Cc2c(C)cc(OC)nc2C)C3)o1. The van der Waals surface area contributed by atoms with Crippen LogP contribution in [0.4, 0.5) is 0 Å². The van der Waals surface area contributed by atoms with E-state index < -0.39 is 0 Å². The zero-order chi connectivity index (χ0) is 18.3. The van der Waals surface area contributed by atoms with E-state index in [1.54, 1.807) is 7.11 Å². The Kier molecular flexibility index (Phi) is 4.47. The minimum absolute atomic E-state index is 0.0438. The standard InChI is InChI=1S/C20H28N4O2/c1-5-17-22-23-19(26-17)20-8-6-7-15(20)10-24(12-20)11-16-13(2)9-18(25-4)21-14(16)3/h9,15H,5-8,10-12H2,1-4H3/t15-,20-/m0/s1. The van der Waals surface area contributed by atoms with Crippen LogP contribution in [-0.2, 0) is 18.4 Å². The number of hydrogen-bond acceptors (Lipinski definition) is 6. The highest BCUT2D eigenvalue weighted by molar-refractivity contribution is 5.34. The molecule has 2 atom stereocenters. The predicted octanol–water partition coefficient (Wildman–Crippen LogP) is 3.21. The maximum Gasteiger partial charge on any atom is 0.224 e. The summed E-state index contributed by atoms with van der Waals surface area (Å²) in [6.07, 6.45) is 4.45. The van der Waals surface area contributed by atoms with E-state index in [0.717, 1.165) is 50.0 Å². The molecule has 0 bridgehead atoms. The van der Waals surface area contributed by atoms with Gasteiger partial charge in [0.2, 0.25) is 17.7 Å². The highest BCUT2D eigenvalue weighted by atomic mass is 16.5. The minimum atomic E-state index is 0.0438. The van der Waals surface area contributed by atoms with Crippen molar-refractivity contribution in [1.82, 2.24) is 20.1 Å². The van der Waals surface area contributed by atoms with Gasteiger partial charge < -0.3 is 9.15 Å². The van der Waals surface area contributed by atoms with Gasteiger partial charge in [-0.25, -0.2) is 4.98 Å². The highest BCUT2D eigenvalue weighted by Gasteiger charge is 2.53. The topological polar surface area (TPSA) is 64.3 Å². The van der Waals surface area contributed by atoms with Crippen molar-refractivity contribution in [2.45, 2.75) is 58.4 Å². The van der Waals surface area contributed by atoms with E-state index in [4.69, 9.17) is 9.15 Å². The summed E-state index contributed by atoms with van der Waals surface area (Å²) in [4.78, 5) is 7.11. The van der Waals surface area contributed by atoms with Gasteiger partial charge in [0.1, 0.15) is 0 Å². The minimum Gasteiger partial charge on any atom is -0.481 e. The summed E-state index contributed by atoms with van der Waals surface area (Å²) in [5.74, 6) is 2.92. The fraction of sp³-hybridized carbons (Fsp3) is 0.650. The zero-order valence-electron chi connectivity index (χ0n) is 16.2. The maximum absolute atomic E-state index is 6.02. The van der Waals surface area contributed by atoms with Gasteiger partial charge in [-0.05, 0) is 43.7 Å². The summed E-state index contributed by atoms with van der Waals surface area (Å²) < 4.78 is 11.3. The Hall–Kier alpha value is -1.95. The van der Waals surface area contributed by atoms with Crippen LogP contribution in [0.15, 0.2) is 10.5 Å². The second kappa shape index (κ2) is 6.65. The molecule has 0 unspecified atom stereocenters. The largest absolute Gasteiger partial charge is 0.481 e. The van der Waals surface area contributed by atoms with Gasteiger partial charge in [-0.3, -0.25) is 4.90 Å². The average Bonchev–Trinajstić information content (AvgIpc) is 3.31. The molecular formula is C20H28N4O2. The molecule has 0 aromatic carbocycles. The van der Waals surface area contributed by atoms with Crippen LogP contribution in [-0.4, -0.2) is 40.3 Å². The molecule has 0 radical (unpaired) electrons. The number of fused-ring (bicyclic) bond motifs is 1. The van der Waals surface area contributed by atoms with Crippen LogP contribution in [0.5, 0.6) is 5.88 Å². The average molecular weight is 356 g/mol. The second-order valence-electron chi connectivity index (χ2n) is 7.81. The molecule has 0 N–H and O–H groups in total. The van der Waals surface area contributed by atoms with Gasteiger partial charge in [-0.15, -0.1) is 10.2 Å². The number of methoxy groups -OCH3 is 1. The lowest BCUT2D eigenvalue weighted by molar-refractivity contribution is 0.263. The van der Waals surface area contributed by atoms with Crippen molar-refractivity contribution >= 4 is 0 Å². The second-order valence-corrected chi connectivity index (χ2v) is 7.81. The van der Waals surface area contributed by atoms with Crippen LogP contribution >= 0.6 is 0 Å². The molecule has 1 aliphatic carbocycles. The Morgan fingerprint density at radius 3 is 2.88 bits per heavy atom. The van der Waals surface area contributed by atoms with E-state index in [1.807, 2.05) is 6.07 Å². The smallest absolute Gasteiger partial charge is 0.224 e. The van der Waals surface area contributed by atoms with Gasteiger partial charge in [0.05, 0.1) is 12.5 Å². The molecule has 26 heavy (non-hydrogen) atoms. The quantitative estimate of drug-likeness (QED) is 0.820. The normalized spacial score (nSPS) is 25.6. The first-order valence-electron chi connectivity index (χ1n) is 9.62. The first-order chi connectivity index (χ1) is 12.6. The number of hydrogen-bond donors (Lipinski definition) is 0. The third-order valence-corrected chi connectivity index (χ3v) is 6.26. The van der Waals surface area contributed by atoms with E-state index in [1.165, 1.54) is 24.0 Å². The third kappa shape index (κ3) is 2.80. The van der Waals surface area contributed by atoms with Gasteiger partial charge in [-0.1, -0.05) is 13.3 Å². The molecule has 1 saturated carbocycles. The van der Waals surface area contributed by atoms with Crippen LogP contribution in [0.25, 0.3) is 0 Å². The monoisotopic (exact) mass is 356 g/mol. The zero-order valence-corrected chi connectivity index (χ0v) is 16.2. The Labute approximate surface area is 155 Å². The Morgan fingerprint density at radius 2 is 2.19 bits per heavy atom. The summed E-state index contributed by atoms with van der Waals surface area (Å²) in [5.41, 5.74) is 3.65. The number of aryl methyl sites for hydroxylation is 3. The summed E-state index contributed by atoms with van der Waals surface area (Å²) in [6.45, 7) is 9.28. The lowest BCUT2D eigenvalue weighted by Gasteiger charge is -2.25. The molecule has 4 rings (SSSR count). The van der Waals surface area contributed by atoms with Crippen LogP contribution in [0.2, 0.25) is 0 Å². The molecule has 2 aromatic heterocycles. The van der Waals surface area contributed by atoms with Gasteiger partial charge in [0.25, 0.3) is 0 Å². The highest BCUT2D eigenvalue weighted by Crippen LogP contribution is 2.50. The molecule has 6 nitrogen and oxygen atoms in total. The van der Waals surface area contributed by atoms with E-state index in [-0.39, 0.29) is 5.41 Å². The van der Waals surface area contributed by atoms with Gasteiger partial charge >= 0.3 is 0 Å². The van der Waals surface area contributed by atoms with E-state index in [0.29, 0.717) is 11.8 Å². The van der Waals surface area contributed by atoms with Crippen molar-refractivity contribution in [2.24, 2.45) is 5.92 Å². The fourth-order valence-electron chi connectivity index (χ4n) is 4.85. The Bertz CT molecular complexity index is 780. The summed E-state index contributed by atoms with van der Waals surface area (Å²) in [6, 6.07) is 2.03. The van der Waals surface area contributed by atoms with E-state index >= 15 is 0 Å². The molecular weight excluding hydrogens is 328 g/mol. The molecule has 2 aliphatic rings. The Morgan fingerprint density at radius 1 is 1.35 bits per heavy atom. The predicted molar refractivity (Wildman–Crippen MR) is 98.2 cm³/mol. The van der Waals surface area contributed by atoms with E-state index in [9.17, 15) is 0 Å². The first-order valence-corrected chi connectivity index (χ1v) is 9.62. The molecule has 0 amide bonds. The van der Waals surface area contributed by atoms with Crippen LogP contribution in [0.3, 0.4) is 0 Å². The van der Waals surface area contributed by atoms with Crippen molar-refractivity contribution in [3.8, 4) is 5.88 Å². The van der Waals surface area contributed by atoms with Crippen molar-refractivity contribution in [3.63, 3.8) is 0 Å². The van der Waals surface area contributed by atoms with Crippen molar-refractivity contribution in [2.75, 3.05) is 20.2 Å². The molecule has 1 aliphatic heterocycles. The van der Waals surface area contributed by atoms with Gasteiger partial charge in [0, 0.05) is 37.8 Å². The number of likely N-dealkylation sites (tertiary alicyclic amines) is 1. The van der Waals surface area contributed by atoms with Crippen molar-refractivity contribution < 1.29 is 9.15 Å². The molecule has 140 valence electrons. The van der Waals surface area contributed by atoms with Crippen LogP contribution in [0, 0.1) is 19.8 Å². The molecule has 2 aromatic rings. The molecule has 0 spiro atoms. The maximum atomic E-state index is 6.02. The lowest BCUT2D eigenvalue weighted by atomic mass is 9.80. The van der Waals surface area contributed by atoms with Crippen molar-refractivity contribution in [1.29, 1.82) is 0 Å². The lowest BCUT2D eigenvalue weighted by Crippen LogP contribution is -2.32.